The number of ketones is 2. The highest BCUT2D eigenvalue weighted by atomic mass is 35.5. The predicted octanol–water partition coefficient (Wildman–Crippen LogP) is 4.96. The van der Waals surface area contributed by atoms with Crippen LogP contribution in [-0.4, -0.2) is 28.5 Å². The first-order valence-electron chi connectivity index (χ1n) is 10.9. The summed E-state index contributed by atoms with van der Waals surface area (Å²) in [4.78, 5) is 37.2. The molecule has 4 nitrogen and oxygen atoms in total. The third kappa shape index (κ3) is 2.49. The van der Waals surface area contributed by atoms with E-state index in [9.17, 15) is 14.4 Å². The molecule has 1 unspecified atom stereocenters. The number of hydrogen-bond donors (Lipinski definition) is 0. The summed E-state index contributed by atoms with van der Waals surface area (Å²) in [5.74, 6) is 0.200. The number of allylic oxidation sites excluding steroid dienone is 3. The number of carbonyl (C=O) groups excluding carboxylic acids is 3. The molecule has 162 valence electrons. The van der Waals surface area contributed by atoms with Crippen molar-refractivity contribution in [2.75, 3.05) is 0 Å². The Morgan fingerprint density at radius 2 is 1.77 bits per heavy atom. The van der Waals surface area contributed by atoms with Crippen molar-refractivity contribution >= 4 is 29.1 Å². The van der Waals surface area contributed by atoms with Gasteiger partial charge in [-0.15, -0.1) is 11.6 Å². The van der Waals surface area contributed by atoms with E-state index in [1.54, 1.807) is 13.0 Å². The lowest BCUT2D eigenvalue weighted by molar-refractivity contribution is -0.186. The molecule has 0 aromatic carbocycles. The summed E-state index contributed by atoms with van der Waals surface area (Å²) in [6, 6.07) is 0. The van der Waals surface area contributed by atoms with Gasteiger partial charge in [-0.05, 0) is 74.0 Å². The molecule has 4 aliphatic carbocycles. The van der Waals surface area contributed by atoms with E-state index in [0.29, 0.717) is 12.0 Å². The van der Waals surface area contributed by atoms with Crippen LogP contribution in [0.5, 0.6) is 0 Å². The van der Waals surface area contributed by atoms with E-state index in [0.717, 1.165) is 36.8 Å². The van der Waals surface area contributed by atoms with Crippen molar-refractivity contribution < 1.29 is 19.1 Å². The number of ether oxygens (including phenoxy) is 1. The zero-order chi connectivity index (χ0) is 22.2. The molecule has 4 rings (SSSR count). The highest BCUT2D eigenvalue weighted by Gasteiger charge is 2.68. The van der Waals surface area contributed by atoms with Crippen LogP contribution in [0.1, 0.15) is 59.8 Å². The second-order valence-electron chi connectivity index (χ2n) is 10.2. The number of rotatable bonds is 2. The van der Waals surface area contributed by atoms with Gasteiger partial charge in [0.15, 0.2) is 17.2 Å². The fourth-order valence-electron chi connectivity index (χ4n) is 7.63. The van der Waals surface area contributed by atoms with Crippen LogP contribution in [0, 0.1) is 28.6 Å². The van der Waals surface area contributed by atoms with Crippen molar-refractivity contribution in [1.82, 2.24) is 0 Å². The van der Waals surface area contributed by atoms with Crippen molar-refractivity contribution in [2.45, 2.75) is 70.8 Å². The molecule has 0 aliphatic heterocycles. The van der Waals surface area contributed by atoms with E-state index in [4.69, 9.17) is 16.3 Å². The van der Waals surface area contributed by atoms with Crippen LogP contribution < -0.4 is 0 Å². The van der Waals surface area contributed by atoms with Crippen LogP contribution in [0.3, 0.4) is 0 Å². The highest BCUT2D eigenvalue weighted by Crippen LogP contribution is 2.69. The molecule has 0 aromatic heterocycles. The Hall–Kier alpha value is -1.68. The molecule has 5 heteroatoms. The molecule has 7 atom stereocenters. The Balaban J connectivity index is 1.79. The van der Waals surface area contributed by atoms with Crippen molar-refractivity contribution in [3.8, 4) is 0 Å². The van der Waals surface area contributed by atoms with Gasteiger partial charge in [0.2, 0.25) is 0 Å². The Morgan fingerprint density at radius 1 is 1.13 bits per heavy atom. The second kappa shape index (κ2) is 6.66. The number of hydrogen-bond acceptors (Lipinski definition) is 4. The molecule has 0 radical (unpaired) electrons. The lowest BCUT2D eigenvalue weighted by Gasteiger charge is -2.60. The van der Waals surface area contributed by atoms with Crippen LogP contribution in [0.4, 0.5) is 0 Å². The molecule has 4 aliphatic rings. The van der Waals surface area contributed by atoms with Gasteiger partial charge in [-0.25, -0.2) is 0 Å². The predicted molar refractivity (Wildman–Crippen MR) is 116 cm³/mol. The number of alkyl halides is 1. The molecule has 30 heavy (non-hydrogen) atoms. The van der Waals surface area contributed by atoms with Gasteiger partial charge >= 0.3 is 5.97 Å². The Morgan fingerprint density at radius 3 is 2.37 bits per heavy atom. The molecule has 0 saturated heterocycles. The smallest absolute Gasteiger partial charge is 0.303 e. The summed E-state index contributed by atoms with van der Waals surface area (Å²) in [6.07, 6.45) is 5.49. The Kier molecular flexibility index (Phi) is 4.78. The van der Waals surface area contributed by atoms with Crippen LogP contribution in [-0.2, 0) is 19.1 Å². The van der Waals surface area contributed by atoms with Gasteiger partial charge in [0, 0.05) is 23.3 Å². The average Bonchev–Trinajstić information content (AvgIpc) is 2.96. The molecular weight excluding hydrogens is 400 g/mol. The minimum absolute atomic E-state index is 0.0627. The SMILES string of the molecule is C=C1C(=C)[C@@]2(C)C(=CC1=O)C(Cl)C[C@@H]1[C@@H]2CC[C@@]2(C)[C@H]1CC[C@]2(OC(C)=O)C(C)=O. The second-order valence-corrected chi connectivity index (χ2v) is 10.7. The summed E-state index contributed by atoms with van der Waals surface area (Å²) in [7, 11) is 0. The van der Waals surface area contributed by atoms with Crippen LogP contribution in [0.25, 0.3) is 0 Å². The molecular formula is C25H31ClO4. The first-order valence-corrected chi connectivity index (χ1v) is 11.3. The Bertz CT molecular complexity index is 916. The van der Waals surface area contributed by atoms with E-state index in [1.807, 2.05) is 0 Å². The third-order valence-corrected chi connectivity index (χ3v) is 9.59. The summed E-state index contributed by atoms with van der Waals surface area (Å²) in [5.41, 5.74) is 0.351. The quantitative estimate of drug-likeness (QED) is 0.353. The fraction of sp³-hybridized carbons (Fsp3) is 0.640. The third-order valence-electron chi connectivity index (χ3n) is 9.18. The number of carbonyl (C=O) groups is 3. The summed E-state index contributed by atoms with van der Waals surface area (Å²) < 4.78 is 5.81. The highest BCUT2D eigenvalue weighted by molar-refractivity contribution is 6.24. The van der Waals surface area contributed by atoms with Crippen molar-refractivity contribution in [3.63, 3.8) is 0 Å². The molecule has 0 spiro atoms. The maximum absolute atomic E-state index is 12.8. The van der Waals surface area contributed by atoms with Gasteiger partial charge in [0.1, 0.15) is 0 Å². The van der Waals surface area contributed by atoms with E-state index in [-0.39, 0.29) is 34.7 Å². The molecule has 0 amide bonds. The molecule has 0 aromatic rings. The summed E-state index contributed by atoms with van der Waals surface area (Å²) >= 11 is 6.89. The van der Waals surface area contributed by atoms with Gasteiger partial charge in [-0.2, -0.15) is 0 Å². The van der Waals surface area contributed by atoms with Crippen molar-refractivity contribution in [3.05, 3.63) is 36.0 Å². The molecule has 0 N–H and O–H groups in total. The van der Waals surface area contributed by atoms with Gasteiger partial charge < -0.3 is 4.74 Å². The van der Waals surface area contributed by atoms with E-state index < -0.39 is 22.4 Å². The number of halogens is 1. The zero-order valence-electron chi connectivity index (χ0n) is 18.3. The average molecular weight is 431 g/mol. The van der Waals surface area contributed by atoms with Gasteiger partial charge in [0.25, 0.3) is 0 Å². The number of fused-ring (bicyclic) bond motifs is 5. The van der Waals surface area contributed by atoms with Crippen LogP contribution >= 0.6 is 11.6 Å². The lowest BCUT2D eigenvalue weighted by atomic mass is 9.45. The fourth-order valence-corrected chi connectivity index (χ4v) is 8.12. The van der Waals surface area contributed by atoms with E-state index in [2.05, 4.69) is 27.0 Å². The number of esters is 1. The first kappa shape index (κ1) is 21.5. The normalized spacial score (nSPS) is 45.2. The van der Waals surface area contributed by atoms with Gasteiger partial charge in [-0.3, -0.25) is 14.4 Å². The van der Waals surface area contributed by atoms with Crippen molar-refractivity contribution in [1.29, 1.82) is 0 Å². The minimum atomic E-state index is -1.06. The molecule has 3 fully saturated rings. The van der Waals surface area contributed by atoms with Gasteiger partial charge in [-0.1, -0.05) is 27.0 Å². The van der Waals surface area contributed by atoms with Crippen LogP contribution in [0.15, 0.2) is 36.0 Å². The number of Topliss-reactive ketones (excluding diaryl/α,β-unsaturated/α-hetero) is 1. The summed E-state index contributed by atoms with van der Waals surface area (Å²) in [6.45, 7) is 15.5. The first-order chi connectivity index (χ1) is 13.9. The maximum atomic E-state index is 12.8. The van der Waals surface area contributed by atoms with E-state index in [1.165, 1.54) is 6.92 Å². The van der Waals surface area contributed by atoms with Crippen molar-refractivity contribution in [2.24, 2.45) is 28.6 Å². The lowest BCUT2D eigenvalue weighted by Crippen LogP contribution is -2.59. The summed E-state index contributed by atoms with van der Waals surface area (Å²) in [5, 5.41) is -0.256. The van der Waals surface area contributed by atoms with E-state index >= 15 is 0 Å². The van der Waals surface area contributed by atoms with Crippen LogP contribution in [0.2, 0.25) is 0 Å². The standard InChI is InChI=1S/C25H31ClO4/c1-13-14(2)24(6)19-7-9-23(5)18(8-10-25(23,15(3)27)30-16(4)28)17(19)11-21(26)20(24)12-22(13)29/h12,17-19,21H,1-2,7-11H2,3-6H3/t17-,18-,19-,21?,23-,24+,25-/m0/s1. The Labute approximate surface area is 183 Å². The molecule has 3 saturated carbocycles. The largest absolute Gasteiger partial charge is 0.451 e. The monoisotopic (exact) mass is 430 g/mol. The zero-order valence-corrected chi connectivity index (χ0v) is 19.1. The van der Waals surface area contributed by atoms with Gasteiger partial charge in [0.05, 0.1) is 5.38 Å². The maximum Gasteiger partial charge on any atom is 0.303 e. The minimum Gasteiger partial charge on any atom is -0.451 e. The topological polar surface area (TPSA) is 60.4 Å². The molecule has 0 heterocycles. The molecule has 0 bridgehead atoms.